The molecule has 2 fully saturated rings. The number of carbonyl (C=O) groups excluding carboxylic acids is 1. The van der Waals surface area contributed by atoms with Gasteiger partial charge in [0.15, 0.2) is 0 Å². The van der Waals surface area contributed by atoms with Gasteiger partial charge in [-0.1, -0.05) is 26.0 Å². The average Bonchev–Trinajstić information content (AvgIpc) is 3.11. The monoisotopic (exact) mass is 366 g/mol. The van der Waals surface area contributed by atoms with E-state index in [1.165, 1.54) is 4.31 Å². The maximum Gasteiger partial charge on any atom is 0.243 e. The number of sulfonamides is 1. The van der Waals surface area contributed by atoms with Crippen LogP contribution in [-0.4, -0.2) is 62.4 Å². The summed E-state index contributed by atoms with van der Waals surface area (Å²) in [6.45, 7) is 5.60. The zero-order valence-corrected chi connectivity index (χ0v) is 15.8. The fraction of sp³-hybridized carbons (Fsp3) is 0.611. The summed E-state index contributed by atoms with van der Waals surface area (Å²) in [6.07, 6.45) is 0.946. The van der Waals surface area contributed by atoms with Crippen molar-refractivity contribution in [3.05, 3.63) is 29.8 Å². The van der Waals surface area contributed by atoms with Gasteiger partial charge in [0.1, 0.15) is 0 Å². The van der Waals surface area contributed by atoms with Gasteiger partial charge in [-0.25, -0.2) is 8.42 Å². The van der Waals surface area contributed by atoms with Gasteiger partial charge in [-0.05, 0) is 30.0 Å². The lowest BCUT2D eigenvalue weighted by Gasteiger charge is -2.25. The van der Waals surface area contributed by atoms with E-state index in [-0.39, 0.29) is 24.4 Å². The van der Waals surface area contributed by atoms with Crippen molar-refractivity contribution in [2.45, 2.75) is 49.6 Å². The average molecular weight is 366 g/mol. The van der Waals surface area contributed by atoms with Crippen molar-refractivity contribution in [3.63, 3.8) is 0 Å². The topological polar surface area (TPSA) is 66.9 Å². The highest BCUT2D eigenvalue weighted by molar-refractivity contribution is 7.89. The summed E-state index contributed by atoms with van der Waals surface area (Å²) in [6, 6.07) is 6.80. The molecule has 2 aliphatic rings. The maximum absolute atomic E-state index is 13.1. The molecular formula is C18H26N2O4S. The zero-order valence-electron chi connectivity index (χ0n) is 15.0. The van der Waals surface area contributed by atoms with Crippen molar-refractivity contribution >= 4 is 15.9 Å². The van der Waals surface area contributed by atoms with E-state index in [1.807, 2.05) is 12.1 Å². The van der Waals surface area contributed by atoms with Gasteiger partial charge >= 0.3 is 0 Å². The summed E-state index contributed by atoms with van der Waals surface area (Å²) < 4.78 is 32.7. The van der Waals surface area contributed by atoms with Crippen LogP contribution in [0.1, 0.15) is 38.2 Å². The molecule has 0 radical (unpaired) electrons. The third-order valence-electron chi connectivity index (χ3n) is 5.25. The Balaban J connectivity index is 1.81. The quantitative estimate of drug-likeness (QED) is 0.770. The van der Waals surface area contributed by atoms with E-state index < -0.39 is 10.0 Å². The predicted octanol–water partition coefficient (Wildman–Crippen LogP) is 1.82. The summed E-state index contributed by atoms with van der Waals surface area (Å²) in [5, 5.41) is 0. The SMILES string of the molecule is COCCN1C(=O)C[C@H]2[C@@H]1CCN2S(=O)(=O)c1ccc(C(C)C)cc1. The molecule has 3 rings (SSSR count). The van der Waals surface area contributed by atoms with Crippen LogP contribution >= 0.6 is 0 Å². The van der Waals surface area contributed by atoms with Crippen molar-refractivity contribution < 1.29 is 17.9 Å². The van der Waals surface area contributed by atoms with Crippen LogP contribution in [0.4, 0.5) is 0 Å². The van der Waals surface area contributed by atoms with E-state index in [4.69, 9.17) is 4.74 Å². The minimum absolute atomic E-state index is 0.0158. The fourth-order valence-electron chi connectivity index (χ4n) is 3.83. The third-order valence-corrected chi connectivity index (χ3v) is 7.19. The maximum atomic E-state index is 13.1. The molecule has 0 unspecified atom stereocenters. The van der Waals surface area contributed by atoms with Gasteiger partial charge in [-0.15, -0.1) is 0 Å². The van der Waals surface area contributed by atoms with Crippen molar-refractivity contribution in [2.24, 2.45) is 0 Å². The summed E-state index contributed by atoms with van der Waals surface area (Å²) >= 11 is 0. The molecule has 0 saturated carbocycles. The number of benzene rings is 1. The largest absolute Gasteiger partial charge is 0.383 e. The molecule has 2 heterocycles. The first-order valence-electron chi connectivity index (χ1n) is 8.76. The van der Waals surface area contributed by atoms with Gasteiger partial charge in [0.05, 0.1) is 23.6 Å². The van der Waals surface area contributed by atoms with Gasteiger partial charge < -0.3 is 9.64 Å². The highest BCUT2D eigenvalue weighted by atomic mass is 32.2. The lowest BCUT2D eigenvalue weighted by Crippen LogP contribution is -2.40. The van der Waals surface area contributed by atoms with Crippen LogP contribution in [0.3, 0.4) is 0 Å². The number of amides is 1. The molecule has 0 spiro atoms. The van der Waals surface area contributed by atoms with Gasteiger partial charge in [-0.3, -0.25) is 4.79 Å². The summed E-state index contributed by atoms with van der Waals surface area (Å²) in [5.41, 5.74) is 1.11. The van der Waals surface area contributed by atoms with Crippen LogP contribution in [0.25, 0.3) is 0 Å². The molecule has 0 aromatic heterocycles. The smallest absolute Gasteiger partial charge is 0.243 e. The number of carbonyl (C=O) groups is 1. The fourth-order valence-corrected chi connectivity index (χ4v) is 5.50. The molecule has 138 valence electrons. The third kappa shape index (κ3) is 3.32. The van der Waals surface area contributed by atoms with Gasteiger partial charge in [0.2, 0.25) is 15.9 Å². The Morgan fingerprint density at radius 2 is 1.88 bits per heavy atom. The molecule has 7 heteroatoms. The summed E-state index contributed by atoms with van der Waals surface area (Å²) in [7, 11) is -1.98. The summed E-state index contributed by atoms with van der Waals surface area (Å²) in [4.78, 5) is 14.4. The highest BCUT2D eigenvalue weighted by Crippen LogP contribution is 2.36. The zero-order chi connectivity index (χ0) is 18.2. The second-order valence-corrected chi connectivity index (χ2v) is 8.94. The van der Waals surface area contributed by atoms with Crippen LogP contribution in [0.2, 0.25) is 0 Å². The first kappa shape index (κ1) is 18.4. The Morgan fingerprint density at radius 3 is 2.48 bits per heavy atom. The minimum Gasteiger partial charge on any atom is -0.383 e. The standard InChI is InChI=1S/C18H26N2O4S/c1-13(2)14-4-6-15(7-5-14)25(22,23)20-9-8-16-17(20)12-18(21)19(16)10-11-24-3/h4-7,13,16-17H,8-12H2,1-3H3/t16-,17-/m0/s1. The van der Waals surface area contributed by atoms with Crippen LogP contribution in [0, 0.1) is 0 Å². The molecular weight excluding hydrogens is 340 g/mol. The van der Waals surface area contributed by atoms with E-state index >= 15 is 0 Å². The predicted molar refractivity (Wildman–Crippen MR) is 94.8 cm³/mol. The van der Waals surface area contributed by atoms with Crippen molar-refractivity contribution in [1.82, 2.24) is 9.21 Å². The Hall–Kier alpha value is -1.44. The number of likely N-dealkylation sites (tertiary alicyclic amines) is 1. The first-order chi connectivity index (χ1) is 11.9. The molecule has 2 aliphatic heterocycles. The molecule has 0 N–H and O–H groups in total. The summed E-state index contributed by atoms with van der Waals surface area (Å²) in [5.74, 6) is 0.372. The molecule has 1 amide bonds. The molecule has 2 saturated heterocycles. The van der Waals surface area contributed by atoms with Gasteiger partial charge in [0.25, 0.3) is 0 Å². The molecule has 2 atom stereocenters. The molecule has 0 bridgehead atoms. The van der Waals surface area contributed by atoms with E-state index in [9.17, 15) is 13.2 Å². The number of rotatable bonds is 6. The molecule has 1 aromatic carbocycles. The Kier molecular flexibility index (Phi) is 5.18. The number of nitrogens with zero attached hydrogens (tertiary/aromatic N) is 2. The van der Waals surface area contributed by atoms with Crippen LogP contribution in [-0.2, 0) is 19.6 Å². The van der Waals surface area contributed by atoms with Gasteiger partial charge in [0, 0.05) is 26.6 Å². The van der Waals surface area contributed by atoms with E-state index in [0.717, 1.165) is 5.56 Å². The Morgan fingerprint density at radius 1 is 1.20 bits per heavy atom. The number of methoxy groups -OCH3 is 1. The van der Waals surface area contributed by atoms with E-state index in [0.29, 0.717) is 36.9 Å². The van der Waals surface area contributed by atoms with Crippen LogP contribution in [0.5, 0.6) is 0 Å². The Bertz CT molecular complexity index is 730. The molecule has 25 heavy (non-hydrogen) atoms. The van der Waals surface area contributed by atoms with E-state index in [1.54, 1.807) is 24.1 Å². The van der Waals surface area contributed by atoms with Gasteiger partial charge in [-0.2, -0.15) is 4.31 Å². The van der Waals surface area contributed by atoms with Crippen molar-refractivity contribution in [1.29, 1.82) is 0 Å². The van der Waals surface area contributed by atoms with Crippen molar-refractivity contribution in [2.75, 3.05) is 26.8 Å². The van der Waals surface area contributed by atoms with E-state index in [2.05, 4.69) is 13.8 Å². The van der Waals surface area contributed by atoms with Crippen LogP contribution in [0.15, 0.2) is 29.2 Å². The number of ether oxygens (including phenoxy) is 1. The van der Waals surface area contributed by atoms with Crippen LogP contribution < -0.4 is 0 Å². The molecule has 1 aromatic rings. The number of hydrogen-bond acceptors (Lipinski definition) is 4. The molecule has 0 aliphatic carbocycles. The molecule has 6 nitrogen and oxygen atoms in total. The highest BCUT2D eigenvalue weighted by Gasteiger charge is 2.50. The number of fused-ring (bicyclic) bond motifs is 1. The second kappa shape index (κ2) is 7.05. The minimum atomic E-state index is -3.58. The number of hydrogen-bond donors (Lipinski definition) is 0. The Labute approximate surface area is 149 Å². The lowest BCUT2D eigenvalue weighted by molar-refractivity contribution is -0.129. The second-order valence-electron chi connectivity index (χ2n) is 7.05. The lowest BCUT2D eigenvalue weighted by atomic mass is 10.0. The first-order valence-corrected chi connectivity index (χ1v) is 10.2. The normalized spacial score (nSPS) is 24.3. The van der Waals surface area contributed by atoms with Crippen molar-refractivity contribution in [3.8, 4) is 0 Å².